The molecule has 21 heavy (non-hydrogen) atoms. The van der Waals surface area contributed by atoms with E-state index < -0.39 is 0 Å². The molecular weight excluding hydrogens is 286 g/mol. The molecule has 2 heterocycles. The van der Waals surface area contributed by atoms with Gasteiger partial charge in [-0.1, -0.05) is 0 Å². The maximum absolute atomic E-state index is 12.2. The fraction of sp³-hybridized carbons (Fsp3) is 0.467. The van der Waals surface area contributed by atoms with Crippen LogP contribution in [0.2, 0.25) is 0 Å². The molecule has 1 saturated heterocycles. The van der Waals surface area contributed by atoms with Crippen LogP contribution in [0.1, 0.15) is 29.6 Å². The van der Waals surface area contributed by atoms with Gasteiger partial charge >= 0.3 is 0 Å². The van der Waals surface area contributed by atoms with E-state index >= 15 is 0 Å². The molecule has 112 valence electrons. The predicted molar refractivity (Wildman–Crippen MR) is 83.8 cm³/mol. The van der Waals surface area contributed by atoms with Gasteiger partial charge in [-0.15, -0.1) is 11.8 Å². The van der Waals surface area contributed by atoms with E-state index in [4.69, 9.17) is 0 Å². The van der Waals surface area contributed by atoms with Crippen LogP contribution in [0.15, 0.2) is 23.1 Å². The van der Waals surface area contributed by atoms with Gasteiger partial charge in [0.15, 0.2) is 0 Å². The van der Waals surface area contributed by atoms with Crippen molar-refractivity contribution in [1.82, 2.24) is 10.6 Å². The second-order valence-corrected chi connectivity index (χ2v) is 6.50. The zero-order valence-corrected chi connectivity index (χ0v) is 12.6. The minimum atomic E-state index is -0.0880. The number of hydrogen-bond donors (Lipinski definition) is 3. The minimum Gasteiger partial charge on any atom is -0.350 e. The van der Waals surface area contributed by atoms with Crippen LogP contribution in [0, 0.1) is 0 Å². The van der Waals surface area contributed by atoms with Crippen LogP contribution in [0.25, 0.3) is 0 Å². The van der Waals surface area contributed by atoms with Crippen LogP contribution in [0.5, 0.6) is 0 Å². The Balaban J connectivity index is 1.67. The molecule has 0 bridgehead atoms. The lowest BCUT2D eigenvalue weighted by molar-refractivity contribution is -0.115. The lowest BCUT2D eigenvalue weighted by Crippen LogP contribution is -2.37. The molecule has 0 saturated carbocycles. The SMILES string of the molecule is O=C1CCSc2ccc(C(=O)NCC3CCCN3)cc2N1. The van der Waals surface area contributed by atoms with E-state index in [2.05, 4.69) is 16.0 Å². The van der Waals surface area contributed by atoms with E-state index in [0.29, 0.717) is 24.6 Å². The van der Waals surface area contributed by atoms with Crippen molar-refractivity contribution in [3.05, 3.63) is 23.8 Å². The van der Waals surface area contributed by atoms with E-state index in [0.717, 1.165) is 29.3 Å². The number of amides is 2. The molecule has 1 unspecified atom stereocenters. The van der Waals surface area contributed by atoms with Crippen molar-refractivity contribution < 1.29 is 9.59 Å². The molecule has 0 radical (unpaired) electrons. The average Bonchev–Trinajstić information content (AvgIpc) is 2.92. The van der Waals surface area contributed by atoms with Crippen molar-refractivity contribution in [2.45, 2.75) is 30.2 Å². The number of nitrogens with one attached hydrogen (secondary N) is 3. The zero-order valence-electron chi connectivity index (χ0n) is 11.8. The van der Waals surface area contributed by atoms with E-state index in [9.17, 15) is 9.59 Å². The molecule has 5 nitrogen and oxygen atoms in total. The maximum Gasteiger partial charge on any atom is 0.251 e. The van der Waals surface area contributed by atoms with Crippen molar-refractivity contribution in [3.8, 4) is 0 Å². The predicted octanol–water partition coefficient (Wildman–Crippen LogP) is 1.60. The number of carbonyl (C=O) groups is 2. The number of hydrogen-bond acceptors (Lipinski definition) is 4. The van der Waals surface area contributed by atoms with Gasteiger partial charge in [-0.25, -0.2) is 0 Å². The molecular formula is C15H19N3O2S. The lowest BCUT2D eigenvalue weighted by Gasteiger charge is -2.13. The summed E-state index contributed by atoms with van der Waals surface area (Å²) in [5.74, 6) is 0.696. The smallest absolute Gasteiger partial charge is 0.251 e. The summed E-state index contributed by atoms with van der Waals surface area (Å²) in [5, 5.41) is 9.17. The van der Waals surface area contributed by atoms with Crippen molar-refractivity contribution in [1.29, 1.82) is 0 Å². The fourth-order valence-electron chi connectivity index (χ4n) is 2.61. The zero-order chi connectivity index (χ0) is 14.7. The van der Waals surface area contributed by atoms with Gasteiger partial charge in [-0.2, -0.15) is 0 Å². The molecule has 0 aromatic heterocycles. The Morgan fingerprint density at radius 3 is 3.14 bits per heavy atom. The molecule has 0 spiro atoms. The van der Waals surface area contributed by atoms with Gasteiger partial charge in [0.05, 0.1) is 5.69 Å². The molecule has 0 aliphatic carbocycles. The molecule has 3 N–H and O–H groups in total. The van der Waals surface area contributed by atoms with Crippen molar-refractivity contribution in [2.75, 3.05) is 24.2 Å². The third kappa shape index (κ3) is 3.57. The first-order valence-electron chi connectivity index (χ1n) is 7.30. The topological polar surface area (TPSA) is 70.2 Å². The Hall–Kier alpha value is -1.53. The van der Waals surface area contributed by atoms with Gasteiger partial charge in [0.2, 0.25) is 5.91 Å². The summed E-state index contributed by atoms with van der Waals surface area (Å²) in [6, 6.07) is 5.88. The highest BCUT2D eigenvalue weighted by Gasteiger charge is 2.18. The van der Waals surface area contributed by atoms with Crippen LogP contribution in [0.4, 0.5) is 5.69 Å². The average molecular weight is 305 g/mol. The standard InChI is InChI=1S/C15H19N3O2S/c19-14-5-7-21-13-4-3-10(8-12(13)18-14)15(20)17-9-11-2-1-6-16-11/h3-4,8,11,16H,1-2,5-7,9H2,(H,17,20)(H,18,19). The maximum atomic E-state index is 12.2. The Morgan fingerprint density at radius 2 is 2.33 bits per heavy atom. The monoisotopic (exact) mass is 305 g/mol. The second kappa shape index (κ2) is 6.49. The van der Waals surface area contributed by atoms with E-state index in [1.807, 2.05) is 12.1 Å². The molecule has 3 rings (SSSR count). The van der Waals surface area contributed by atoms with Crippen LogP contribution in [-0.2, 0) is 4.79 Å². The Labute approximate surface area is 128 Å². The van der Waals surface area contributed by atoms with Crippen molar-refractivity contribution in [2.24, 2.45) is 0 Å². The third-order valence-corrected chi connectivity index (χ3v) is 4.85. The number of anilines is 1. The molecule has 2 aliphatic rings. The molecule has 1 atom stereocenters. The Bertz CT molecular complexity index is 556. The molecule has 6 heteroatoms. The normalized spacial score (nSPS) is 21.3. The Kier molecular flexibility index (Phi) is 4.45. The van der Waals surface area contributed by atoms with Crippen molar-refractivity contribution >= 4 is 29.3 Å². The highest BCUT2D eigenvalue weighted by atomic mass is 32.2. The van der Waals surface area contributed by atoms with E-state index in [-0.39, 0.29) is 11.8 Å². The number of thioether (sulfide) groups is 1. The van der Waals surface area contributed by atoms with E-state index in [1.54, 1.807) is 17.8 Å². The number of carbonyl (C=O) groups excluding carboxylic acids is 2. The van der Waals surface area contributed by atoms with E-state index in [1.165, 1.54) is 6.42 Å². The number of rotatable bonds is 3. The van der Waals surface area contributed by atoms with Crippen LogP contribution in [-0.4, -0.2) is 36.7 Å². The van der Waals surface area contributed by atoms with Gasteiger partial charge in [0.1, 0.15) is 0 Å². The van der Waals surface area contributed by atoms with Gasteiger partial charge in [0, 0.05) is 35.2 Å². The molecule has 1 fully saturated rings. The summed E-state index contributed by atoms with van der Waals surface area (Å²) in [4.78, 5) is 24.8. The fourth-order valence-corrected chi connectivity index (χ4v) is 3.55. The molecule has 1 aromatic rings. The third-order valence-electron chi connectivity index (χ3n) is 3.77. The summed E-state index contributed by atoms with van der Waals surface area (Å²) in [6.45, 7) is 1.68. The van der Waals surface area contributed by atoms with Gasteiger partial charge in [-0.05, 0) is 37.6 Å². The first kappa shape index (κ1) is 14.4. The molecule has 1 aromatic carbocycles. The summed E-state index contributed by atoms with van der Waals surface area (Å²) < 4.78 is 0. The summed E-state index contributed by atoms with van der Waals surface area (Å²) in [6.07, 6.45) is 2.79. The van der Waals surface area contributed by atoms with Crippen LogP contribution in [0.3, 0.4) is 0 Å². The minimum absolute atomic E-state index is 0.00830. The quantitative estimate of drug-likeness (QED) is 0.793. The van der Waals surface area contributed by atoms with Crippen molar-refractivity contribution in [3.63, 3.8) is 0 Å². The highest BCUT2D eigenvalue weighted by Crippen LogP contribution is 2.31. The summed E-state index contributed by atoms with van der Waals surface area (Å²) in [5.41, 5.74) is 1.34. The summed E-state index contributed by atoms with van der Waals surface area (Å²) >= 11 is 1.64. The van der Waals surface area contributed by atoms with Gasteiger partial charge in [0.25, 0.3) is 5.91 Å². The highest BCUT2D eigenvalue weighted by molar-refractivity contribution is 7.99. The largest absolute Gasteiger partial charge is 0.350 e. The second-order valence-electron chi connectivity index (χ2n) is 5.36. The number of fused-ring (bicyclic) bond motifs is 1. The molecule has 2 aliphatic heterocycles. The lowest BCUT2D eigenvalue weighted by atomic mass is 10.1. The van der Waals surface area contributed by atoms with Crippen LogP contribution >= 0.6 is 11.8 Å². The van der Waals surface area contributed by atoms with Gasteiger partial charge in [-0.3, -0.25) is 9.59 Å². The first-order valence-corrected chi connectivity index (χ1v) is 8.29. The molecule has 2 amide bonds. The van der Waals surface area contributed by atoms with Crippen LogP contribution < -0.4 is 16.0 Å². The first-order chi connectivity index (χ1) is 10.2. The van der Waals surface area contributed by atoms with Gasteiger partial charge < -0.3 is 16.0 Å². The Morgan fingerprint density at radius 1 is 1.43 bits per heavy atom. The number of benzene rings is 1. The summed E-state index contributed by atoms with van der Waals surface area (Å²) in [7, 11) is 0.